The molecule has 6 heteroatoms. The first-order valence-corrected chi connectivity index (χ1v) is 9.31. The summed E-state index contributed by atoms with van der Waals surface area (Å²) in [5, 5.41) is 4.88. The fourth-order valence-corrected chi connectivity index (χ4v) is 3.07. The first-order chi connectivity index (χ1) is 13.2. The number of nitrogens with zero attached hydrogens (tertiary/aromatic N) is 4. The Hall–Kier alpha value is -3.15. The number of nitrogens with one attached hydrogen (secondary N) is 1. The molecule has 0 bridgehead atoms. The van der Waals surface area contributed by atoms with Gasteiger partial charge in [0.2, 0.25) is 5.95 Å². The molecule has 0 radical (unpaired) electrons. The second-order valence-electron chi connectivity index (χ2n) is 6.14. The summed E-state index contributed by atoms with van der Waals surface area (Å²) in [5.74, 6) is 0.442. The van der Waals surface area contributed by atoms with Gasteiger partial charge in [0.15, 0.2) is 0 Å². The average molecular weight is 363 g/mol. The number of hydrogen-bond donors (Lipinski definition) is 1. The fraction of sp³-hybridized carbons (Fsp3) is 0.286. The molecule has 3 aromatic rings. The van der Waals surface area contributed by atoms with Gasteiger partial charge in [-0.25, -0.2) is 10.4 Å². The predicted octanol–water partition coefficient (Wildman–Crippen LogP) is 3.71. The molecule has 27 heavy (non-hydrogen) atoms. The zero-order chi connectivity index (χ0) is 19.2. The summed E-state index contributed by atoms with van der Waals surface area (Å²) in [4.78, 5) is 19.4. The summed E-state index contributed by atoms with van der Waals surface area (Å²) in [6.45, 7) is 8.69. The molecule has 0 aliphatic carbocycles. The Bertz CT molecular complexity index is 988. The number of para-hydroxylation sites is 1. The molecule has 0 unspecified atom stereocenters. The maximum atomic E-state index is 12.6. The molecule has 2 aromatic carbocycles. The highest BCUT2D eigenvalue weighted by Gasteiger charge is 2.08. The molecule has 1 heterocycles. The van der Waals surface area contributed by atoms with Gasteiger partial charge in [-0.2, -0.15) is 5.10 Å². The van der Waals surface area contributed by atoms with Gasteiger partial charge in [0.05, 0.1) is 17.1 Å². The molecule has 0 atom stereocenters. The van der Waals surface area contributed by atoms with E-state index in [4.69, 9.17) is 0 Å². The summed E-state index contributed by atoms with van der Waals surface area (Å²) in [6.07, 6.45) is 1.73. The minimum absolute atomic E-state index is 0.0654. The lowest BCUT2D eigenvalue weighted by atomic mass is 10.2. The highest BCUT2D eigenvalue weighted by molar-refractivity contribution is 5.81. The normalized spacial score (nSPS) is 11.2. The Morgan fingerprint density at radius 2 is 1.78 bits per heavy atom. The number of benzene rings is 2. The van der Waals surface area contributed by atoms with Crippen LogP contribution in [0.2, 0.25) is 0 Å². The van der Waals surface area contributed by atoms with Crippen molar-refractivity contribution in [3.8, 4) is 0 Å². The van der Waals surface area contributed by atoms with E-state index in [9.17, 15) is 4.79 Å². The van der Waals surface area contributed by atoms with Gasteiger partial charge in [-0.3, -0.25) is 9.36 Å². The van der Waals surface area contributed by atoms with Crippen molar-refractivity contribution in [2.45, 2.75) is 27.3 Å². The number of rotatable bonds is 7. The van der Waals surface area contributed by atoms with Gasteiger partial charge >= 0.3 is 0 Å². The Morgan fingerprint density at radius 1 is 1.07 bits per heavy atom. The largest absolute Gasteiger partial charge is 0.372 e. The van der Waals surface area contributed by atoms with Crippen LogP contribution in [0.1, 0.15) is 26.3 Å². The molecule has 0 fully saturated rings. The van der Waals surface area contributed by atoms with Crippen LogP contribution < -0.4 is 15.9 Å². The molecular formula is C21H25N5O. The van der Waals surface area contributed by atoms with E-state index in [1.165, 1.54) is 5.69 Å². The predicted molar refractivity (Wildman–Crippen MR) is 113 cm³/mol. The Kier molecular flexibility index (Phi) is 5.86. The maximum Gasteiger partial charge on any atom is 0.262 e. The summed E-state index contributed by atoms with van der Waals surface area (Å²) < 4.78 is 1.59. The molecule has 0 aliphatic rings. The number of hydrogen-bond acceptors (Lipinski definition) is 5. The van der Waals surface area contributed by atoms with Crippen molar-refractivity contribution >= 4 is 28.8 Å². The zero-order valence-corrected chi connectivity index (χ0v) is 16.0. The van der Waals surface area contributed by atoms with Crippen LogP contribution in [0.3, 0.4) is 0 Å². The van der Waals surface area contributed by atoms with Crippen LogP contribution in [0, 0.1) is 0 Å². The van der Waals surface area contributed by atoms with E-state index in [1.807, 2.05) is 37.3 Å². The summed E-state index contributed by atoms with van der Waals surface area (Å²) in [6, 6.07) is 15.6. The van der Waals surface area contributed by atoms with E-state index < -0.39 is 0 Å². The lowest BCUT2D eigenvalue weighted by Gasteiger charge is -2.20. The van der Waals surface area contributed by atoms with Crippen LogP contribution in [-0.4, -0.2) is 28.9 Å². The molecule has 3 rings (SSSR count). The second-order valence-corrected chi connectivity index (χ2v) is 6.14. The quantitative estimate of drug-likeness (QED) is 0.513. The zero-order valence-electron chi connectivity index (χ0n) is 16.0. The summed E-state index contributed by atoms with van der Waals surface area (Å²) in [7, 11) is 0. The maximum absolute atomic E-state index is 12.6. The van der Waals surface area contributed by atoms with Crippen molar-refractivity contribution < 1.29 is 0 Å². The molecule has 0 saturated heterocycles. The van der Waals surface area contributed by atoms with Crippen LogP contribution in [0.25, 0.3) is 10.9 Å². The molecule has 1 aromatic heterocycles. The van der Waals surface area contributed by atoms with Crippen molar-refractivity contribution in [3.63, 3.8) is 0 Å². The van der Waals surface area contributed by atoms with Gasteiger partial charge in [0.25, 0.3) is 5.56 Å². The molecule has 140 valence electrons. The van der Waals surface area contributed by atoms with Gasteiger partial charge in [0, 0.05) is 25.3 Å². The minimum atomic E-state index is -0.0654. The number of aromatic nitrogens is 2. The lowest BCUT2D eigenvalue weighted by molar-refractivity contribution is 0.724. The third-order valence-corrected chi connectivity index (χ3v) is 4.58. The van der Waals surface area contributed by atoms with Crippen LogP contribution >= 0.6 is 0 Å². The molecule has 0 saturated carbocycles. The van der Waals surface area contributed by atoms with Crippen LogP contribution in [0.5, 0.6) is 0 Å². The highest BCUT2D eigenvalue weighted by atomic mass is 16.1. The van der Waals surface area contributed by atoms with E-state index in [1.54, 1.807) is 16.8 Å². The molecule has 6 nitrogen and oxygen atoms in total. The Labute approximate surface area is 159 Å². The van der Waals surface area contributed by atoms with Crippen LogP contribution in [0.15, 0.2) is 58.4 Å². The molecule has 0 amide bonds. The smallest absolute Gasteiger partial charge is 0.262 e. The van der Waals surface area contributed by atoms with Crippen LogP contribution in [-0.2, 0) is 6.54 Å². The Balaban J connectivity index is 1.81. The summed E-state index contributed by atoms with van der Waals surface area (Å²) in [5.41, 5.74) is 5.68. The molecular weight excluding hydrogens is 338 g/mol. The van der Waals surface area contributed by atoms with Gasteiger partial charge in [-0.05, 0) is 50.6 Å². The van der Waals surface area contributed by atoms with Crippen molar-refractivity contribution in [2.24, 2.45) is 5.10 Å². The van der Waals surface area contributed by atoms with Crippen molar-refractivity contribution in [2.75, 3.05) is 23.4 Å². The van der Waals surface area contributed by atoms with Crippen molar-refractivity contribution in [3.05, 3.63) is 64.4 Å². The summed E-state index contributed by atoms with van der Waals surface area (Å²) >= 11 is 0. The van der Waals surface area contributed by atoms with Gasteiger partial charge in [-0.1, -0.05) is 24.3 Å². The SMILES string of the molecule is CCN(CC)c1ccc(/C=N\Nc2nc3ccccc3c(=O)n2CC)cc1. The van der Waals surface area contributed by atoms with Crippen LogP contribution in [0.4, 0.5) is 11.6 Å². The van der Waals surface area contributed by atoms with Crippen molar-refractivity contribution in [1.82, 2.24) is 9.55 Å². The number of fused-ring (bicyclic) bond motifs is 1. The van der Waals surface area contributed by atoms with Gasteiger partial charge < -0.3 is 4.90 Å². The highest BCUT2D eigenvalue weighted by Crippen LogP contribution is 2.14. The first kappa shape index (κ1) is 18.6. The van der Waals surface area contributed by atoms with E-state index in [0.717, 1.165) is 18.7 Å². The third kappa shape index (κ3) is 4.00. The van der Waals surface area contributed by atoms with Gasteiger partial charge in [-0.15, -0.1) is 0 Å². The standard InChI is InChI=1S/C21H25N5O/c1-4-25(5-2)17-13-11-16(12-14-17)15-22-24-21-23-19-10-8-7-9-18(19)20(27)26(21)6-3/h7-15H,4-6H2,1-3H3,(H,23,24)/b22-15-. The van der Waals surface area contributed by atoms with E-state index in [-0.39, 0.29) is 5.56 Å². The number of anilines is 2. The van der Waals surface area contributed by atoms with Crippen molar-refractivity contribution in [1.29, 1.82) is 0 Å². The van der Waals surface area contributed by atoms with E-state index in [2.05, 4.69) is 46.4 Å². The molecule has 1 N–H and O–H groups in total. The Morgan fingerprint density at radius 3 is 2.44 bits per heavy atom. The second kappa shape index (κ2) is 8.49. The van der Waals surface area contributed by atoms with E-state index >= 15 is 0 Å². The first-order valence-electron chi connectivity index (χ1n) is 9.31. The lowest BCUT2D eigenvalue weighted by Crippen LogP contribution is -2.23. The molecule has 0 aliphatic heterocycles. The average Bonchev–Trinajstić information content (AvgIpc) is 2.70. The minimum Gasteiger partial charge on any atom is -0.372 e. The third-order valence-electron chi connectivity index (χ3n) is 4.58. The monoisotopic (exact) mass is 363 g/mol. The van der Waals surface area contributed by atoms with E-state index in [0.29, 0.717) is 23.4 Å². The fourth-order valence-electron chi connectivity index (χ4n) is 3.07. The molecule has 0 spiro atoms. The van der Waals surface area contributed by atoms with Gasteiger partial charge in [0.1, 0.15) is 0 Å². The number of hydrazone groups is 1. The topological polar surface area (TPSA) is 62.5 Å².